The third kappa shape index (κ3) is 4.67. The minimum Gasteiger partial charge on any atom is -0.314 e. The summed E-state index contributed by atoms with van der Waals surface area (Å²) in [7, 11) is 0. The monoisotopic (exact) mass is 239 g/mol. The second kappa shape index (κ2) is 7.86. The van der Waals surface area contributed by atoms with Gasteiger partial charge in [0.05, 0.1) is 0 Å². The fourth-order valence-corrected chi connectivity index (χ4v) is 2.84. The standard InChI is InChI=1S/C14H25NS/c1-4-9-15-12(3)14(5-2)7-6-13-8-10-16-11-13/h8,10-12,14-15H,4-7,9H2,1-3H3. The van der Waals surface area contributed by atoms with Gasteiger partial charge in [-0.3, -0.25) is 0 Å². The predicted molar refractivity (Wildman–Crippen MR) is 74.2 cm³/mol. The lowest BCUT2D eigenvalue weighted by Gasteiger charge is -2.23. The summed E-state index contributed by atoms with van der Waals surface area (Å²) in [4.78, 5) is 0. The highest BCUT2D eigenvalue weighted by atomic mass is 32.1. The van der Waals surface area contributed by atoms with Crippen molar-refractivity contribution in [1.29, 1.82) is 0 Å². The van der Waals surface area contributed by atoms with Gasteiger partial charge in [-0.1, -0.05) is 20.3 Å². The molecule has 0 bridgehead atoms. The SMILES string of the molecule is CCCNC(C)C(CC)CCc1ccsc1. The van der Waals surface area contributed by atoms with Crippen molar-refractivity contribution in [2.24, 2.45) is 5.92 Å². The molecule has 0 aliphatic heterocycles. The fraction of sp³-hybridized carbons (Fsp3) is 0.714. The molecule has 1 N–H and O–H groups in total. The predicted octanol–water partition coefficient (Wildman–Crippen LogP) is 4.10. The Hall–Kier alpha value is -0.340. The molecule has 0 spiro atoms. The van der Waals surface area contributed by atoms with E-state index in [1.807, 2.05) is 0 Å². The minimum absolute atomic E-state index is 0.656. The van der Waals surface area contributed by atoms with Crippen LogP contribution in [0.15, 0.2) is 16.8 Å². The number of rotatable bonds is 8. The molecule has 2 heteroatoms. The van der Waals surface area contributed by atoms with Gasteiger partial charge in [-0.15, -0.1) is 0 Å². The molecule has 1 aromatic heterocycles. The van der Waals surface area contributed by atoms with E-state index in [0.717, 1.165) is 12.5 Å². The molecule has 16 heavy (non-hydrogen) atoms. The van der Waals surface area contributed by atoms with E-state index in [4.69, 9.17) is 0 Å². The Morgan fingerprint density at radius 2 is 2.19 bits per heavy atom. The quantitative estimate of drug-likeness (QED) is 0.720. The Labute approximate surface area is 104 Å². The summed E-state index contributed by atoms with van der Waals surface area (Å²) in [5.74, 6) is 0.812. The van der Waals surface area contributed by atoms with Crippen LogP contribution in [-0.2, 0) is 6.42 Å². The number of nitrogens with one attached hydrogen (secondary N) is 1. The molecule has 0 saturated heterocycles. The summed E-state index contributed by atoms with van der Waals surface area (Å²) < 4.78 is 0. The lowest BCUT2D eigenvalue weighted by Crippen LogP contribution is -2.34. The molecule has 1 heterocycles. The van der Waals surface area contributed by atoms with E-state index in [-0.39, 0.29) is 0 Å². The number of aryl methyl sites for hydroxylation is 1. The molecule has 1 rings (SSSR count). The Morgan fingerprint density at radius 3 is 2.75 bits per heavy atom. The second-order valence-corrected chi connectivity index (χ2v) is 5.36. The zero-order valence-electron chi connectivity index (χ0n) is 10.8. The molecule has 92 valence electrons. The molecule has 0 saturated carbocycles. The minimum atomic E-state index is 0.656. The van der Waals surface area contributed by atoms with Crippen LogP contribution in [0, 0.1) is 5.92 Å². The number of hydrogen-bond acceptors (Lipinski definition) is 2. The summed E-state index contributed by atoms with van der Waals surface area (Å²) >= 11 is 1.81. The van der Waals surface area contributed by atoms with Gasteiger partial charge < -0.3 is 5.32 Å². The Morgan fingerprint density at radius 1 is 1.38 bits per heavy atom. The van der Waals surface area contributed by atoms with Crippen LogP contribution < -0.4 is 5.32 Å². The molecule has 1 nitrogen and oxygen atoms in total. The van der Waals surface area contributed by atoms with E-state index in [1.165, 1.54) is 31.2 Å². The van der Waals surface area contributed by atoms with Gasteiger partial charge >= 0.3 is 0 Å². The highest BCUT2D eigenvalue weighted by Gasteiger charge is 2.14. The van der Waals surface area contributed by atoms with Crippen LogP contribution in [0.25, 0.3) is 0 Å². The first-order valence-corrected chi connectivity index (χ1v) is 7.46. The van der Waals surface area contributed by atoms with E-state index in [1.54, 1.807) is 11.3 Å². The van der Waals surface area contributed by atoms with Crippen LogP contribution in [0.5, 0.6) is 0 Å². The first kappa shape index (κ1) is 13.7. The van der Waals surface area contributed by atoms with Crippen LogP contribution in [0.1, 0.15) is 45.6 Å². The molecule has 0 amide bonds. The summed E-state index contributed by atoms with van der Waals surface area (Å²) in [5.41, 5.74) is 1.51. The van der Waals surface area contributed by atoms with Crippen LogP contribution in [-0.4, -0.2) is 12.6 Å². The lowest BCUT2D eigenvalue weighted by molar-refractivity contribution is 0.344. The molecule has 0 aromatic carbocycles. The second-order valence-electron chi connectivity index (χ2n) is 4.58. The van der Waals surface area contributed by atoms with Gasteiger partial charge in [-0.25, -0.2) is 0 Å². The molecule has 2 atom stereocenters. The van der Waals surface area contributed by atoms with Crippen molar-refractivity contribution < 1.29 is 0 Å². The van der Waals surface area contributed by atoms with Gasteiger partial charge in [0.1, 0.15) is 0 Å². The molecule has 0 aliphatic rings. The van der Waals surface area contributed by atoms with E-state index < -0.39 is 0 Å². The zero-order valence-corrected chi connectivity index (χ0v) is 11.6. The summed E-state index contributed by atoms with van der Waals surface area (Å²) in [6.45, 7) is 8.02. The molecule has 2 unspecified atom stereocenters. The third-order valence-corrected chi connectivity index (χ3v) is 4.06. The smallest absolute Gasteiger partial charge is 0.00670 e. The number of thiophene rings is 1. The molecular formula is C14H25NS. The third-order valence-electron chi connectivity index (χ3n) is 3.33. The fourth-order valence-electron chi connectivity index (χ4n) is 2.13. The van der Waals surface area contributed by atoms with E-state index in [2.05, 4.69) is 42.9 Å². The van der Waals surface area contributed by atoms with Crippen LogP contribution in [0.4, 0.5) is 0 Å². The molecule has 1 aromatic rings. The van der Waals surface area contributed by atoms with Crippen LogP contribution >= 0.6 is 11.3 Å². The molecule has 0 aliphatic carbocycles. The van der Waals surface area contributed by atoms with Gasteiger partial charge in [0, 0.05) is 6.04 Å². The van der Waals surface area contributed by atoms with E-state index in [9.17, 15) is 0 Å². The first-order chi connectivity index (χ1) is 7.77. The Kier molecular flexibility index (Phi) is 6.74. The van der Waals surface area contributed by atoms with Crippen molar-refractivity contribution in [3.63, 3.8) is 0 Å². The van der Waals surface area contributed by atoms with Crippen LogP contribution in [0.2, 0.25) is 0 Å². The van der Waals surface area contributed by atoms with Gasteiger partial charge in [0.25, 0.3) is 0 Å². The number of hydrogen-bond donors (Lipinski definition) is 1. The van der Waals surface area contributed by atoms with Gasteiger partial charge in [0.2, 0.25) is 0 Å². The molecule has 0 radical (unpaired) electrons. The average Bonchev–Trinajstić information content (AvgIpc) is 2.80. The summed E-state index contributed by atoms with van der Waals surface area (Å²) in [6.07, 6.45) is 5.05. The van der Waals surface area contributed by atoms with E-state index >= 15 is 0 Å². The van der Waals surface area contributed by atoms with Crippen molar-refractivity contribution in [1.82, 2.24) is 5.32 Å². The molecular weight excluding hydrogens is 214 g/mol. The highest BCUT2D eigenvalue weighted by Crippen LogP contribution is 2.18. The Bertz CT molecular complexity index is 256. The van der Waals surface area contributed by atoms with Gasteiger partial charge in [0.15, 0.2) is 0 Å². The maximum absolute atomic E-state index is 3.62. The summed E-state index contributed by atoms with van der Waals surface area (Å²) in [6, 6.07) is 2.91. The van der Waals surface area contributed by atoms with Gasteiger partial charge in [-0.2, -0.15) is 11.3 Å². The first-order valence-electron chi connectivity index (χ1n) is 6.52. The topological polar surface area (TPSA) is 12.0 Å². The van der Waals surface area contributed by atoms with Gasteiger partial charge in [-0.05, 0) is 61.0 Å². The maximum Gasteiger partial charge on any atom is 0.00670 e. The van der Waals surface area contributed by atoms with Crippen LogP contribution in [0.3, 0.4) is 0 Å². The Balaban J connectivity index is 2.30. The van der Waals surface area contributed by atoms with Crippen molar-refractivity contribution >= 4 is 11.3 Å². The highest BCUT2D eigenvalue weighted by molar-refractivity contribution is 7.07. The van der Waals surface area contributed by atoms with E-state index in [0.29, 0.717) is 6.04 Å². The van der Waals surface area contributed by atoms with Crippen molar-refractivity contribution in [3.8, 4) is 0 Å². The maximum atomic E-state index is 3.62. The normalized spacial score (nSPS) is 14.9. The average molecular weight is 239 g/mol. The largest absolute Gasteiger partial charge is 0.314 e. The summed E-state index contributed by atoms with van der Waals surface area (Å²) in [5, 5.41) is 8.07. The lowest BCUT2D eigenvalue weighted by atomic mass is 9.91. The zero-order chi connectivity index (χ0) is 11.8. The van der Waals surface area contributed by atoms with Crippen molar-refractivity contribution in [3.05, 3.63) is 22.4 Å². The molecule has 0 fully saturated rings. The van der Waals surface area contributed by atoms with Crippen molar-refractivity contribution in [2.45, 2.75) is 52.5 Å². The van der Waals surface area contributed by atoms with Crippen molar-refractivity contribution in [2.75, 3.05) is 6.54 Å².